The molecule has 11 nitrogen and oxygen atoms in total. The minimum absolute atomic E-state index is 0.395. The molecule has 3 N–H and O–H groups in total. The molecule has 1 fully saturated rings. The maximum Gasteiger partial charge on any atom is 0.330 e. The van der Waals surface area contributed by atoms with E-state index in [1.807, 2.05) is 0 Å². The molecule has 1 aromatic heterocycles. The first-order valence-electron chi connectivity index (χ1n) is 10.3. The molecule has 1 aromatic rings. The second kappa shape index (κ2) is 10.6. The number of rotatable bonds is 8. The van der Waals surface area contributed by atoms with Gasteiger partial charge in [0, 0.05) is 5.40 Å². The van der Waals surface area contributed by atoms with Crippen molar-refractivity contribution in [1.29, 1.82) is 0 Å². The lowest BCUT2D eigenvalue weighted by atomic mass is 9.60. The Bertz CT molecular complexity index is 1130. The van der Waals surface area contributed by atoms with Crippen molar-refractivity contribution >= 4 is 29.8 Å². The van der Waals surface area contributed by atoms with Gasteiger partial charge in [0.1, 0.15) is 33.9 Å². The maximum absolute atomic E-state index is 15.9. The fourth-order valence-electron chi connectivity index (χ4n) is 3.35. The van der Waals surface area contributed by atoms with Crippen LogP contribution in [0.15, 0.2) is 15.8 Å². The van der Waals surface area contributed by atoms with Gasteiger partial charge in [-0.25, -0.2) is 14.3 Å². The molecule has 0 aromatic carbocycles. The normalized spacial score (nSPS) is 26.5. The minimum atomic E-state index is -3.16. The van der Waals surface area contributed by atoms with Crippen LogP contribution in [0.3, 0.4) is 0 Å². The van der Waals surface area contributed by atoms with Gasteiger partial charge in [-0.1, -0.05) is 5.92 Å². The minimum Gasteiger partial charge on any atom is -0.462 e. The summed E-state index contributed by atoms with van der Waals surface area (Å²) < 4.78 is 58.7. The first-order chi connectivity index (χ1) is 15.6. The van der Waals surface area contributed by atoms with Gasteiger partial charge in [0.05, 0.1) is 12.3 Å². The highest BCUT2D eigenvalue weighted by Gasteiger charge is 2.62. The molecule has 34 heavy (non-hydrogen) atoms. The molecule has 2 rings (SSSR count). The lowest BCUT2D eigenvalue weighted by Crippen LogP contribution is -2.53. The number of nitrogens with one attached hydrogen (secondary N) is 2. The van der Waals surface area contributed by atoms with Crippen LogP contribution in [-0.2, 0) is 23.4 Å². The van der Waals surface area contributed by atoms with Gasteiger partial charge >= 0.3 is 11.7 Å². The summed E-state index contributed by atoms with van der Waals surface area (Å²) in [5.74, 6) is 2.36. The second-order valence-electron chi connectivity index (χ2n) is 8.49. The van der Waals surface area contributed by atoms with Gasteiger partial charge in [-0.05, 0) is 27.7 Å². The number of nitrogens with zero attached hydrogens (tertiary/aromatic N) is 1. The van der Waals surface area contributed by atoms with Crippen LogP contribution in [0.5, 0.6) is 0 Å². The number of aromatic nitrogens is 2. The molecule has 1 saturated heterocycles. The van der Waals surface area contributed by atoms with Crippen molar-refractivity contribution in [2.45, 2.75) is 69.3 Å². The molecular weight excluding hydrogens is 477 g/mol. The molecule has 186 valence electrons. The van der Waals surface area contributed by atoms with Crippen LogP contribution in [0.2, 0.25) is 0 Å². The van der Waals surface area contributed by atoms with E-state index >= 15 is 4.39 Å². The third kappa shape index (κ3) is 5.87. The highest BCUT2D eigenvalue weighted by atomic mass is 31.1. The highest BCUT2D eigenvalue weighted by Crippen LogP contribution is 2.45. The van der Waals surface area contributed by atoms with E-state index in [1.165, 1.54) is 29.5 Å². The number of H-pyrrole nitrogens is 1. The smallest absolute Gasteiger partial charge is 0.330 e. The monoisotopic (exact) mass is 503 g/mol. The molecule has 1 aliphatic heterocycles. The predicted octanol–water partition coefficient (Wildman–Crippen LogP) is -2.08. The number of carbonyl (C=O) groups is 1. The Balaban J connectivity index is 2.32. The summed E-state index contributed by atoms with van der Waals surface area (Å²) in [6.07, 6.45) is -5.53. The Kier molecular flexibility index (Phi) is 8.72. The fraction of sp³-hybridized carbons (Fsp3) is 0.611. The molecule has 0 aliphatic carbocycles. The zero-order chi connectivity index (χ0) is 26.0. The predicted molar refractivity (Wildman–Crippen MR) is 122 cm³/mol. The maximum atomic E-state index is 15.9. The summed E-state index contributed by atoms with van der Waals surface area (Å²) in [5, 5.41) is 11.5. The van der Waals surface area contributed by atoms with Gasteiger partial charge in [-0.3, -0.25) is 23.7 Å². The van der Waals surface area contributed by atoms with E-state index in [0.29, 0.717) is 10.8 Å². The van der Waals surface area contributed by atoms with Crippen molar-refractivity contribution in [2.24, 2.45) is 0 Å². The molecule has 0 saturated carbocycles. The zero-order valence-electron chi connectivity index (χ0n) is 19.5. The summed E-state index contributed by atoms with van der Waals surface area (Å²) in [7, 11) is -0.494. The van der Waals surface area contributed by atoms with Crippen LogP contribution in [0.4, 0.5) is 8.78 Å². The lowest BCUT2D eigenvalue weighted by Gasteiger charge is -2.33. The van der Waals surface area contributed by atoms with Crippen molar-refractivity contribution in [1.82, 2.24) is 14.6 Å². The zero-order valence-corrected chi connectivity index (χ0v) is 20.5. The third-order valence-corrected chi connectivity index (χ3v) is 6.31. The van der Waals surface area contributed by atoms with Crippen LogP contribution >= 0.6 is 8.18 Å². The molecule has 3 unspecified atom stereocenters. The highest BCUT2D eigenvalue weighted by molar-refractivity contribution is 7.37. The topological polar surface area (TPSA) is 149 Å². The molecule has 0 amide bonds. The molecule has 0 radical (unpaired) electrons. The van der Waals surface area contributed by atoms with Crippen LogP contribution in [0, 0.1) is 17.7 Å². The number of aliphatic hydroxyl groups is 1. The number of aliphatic hydroxyl groups excluding tert-OH is 1. The van der Waals surface area contributed by atoms with Gasteiger partial charge in [-0.15, -0.1) is 5.92 Å². The summed E-state index contributed by atoms with van der Waals surface area (Å²) >= 11 is 0. The molecule has 6 atom stereocenters. The number of carbonyl (C=O) groups excluding carboxylic acids is 1. The number of alkyl halides is 1. The van der Waals surface area contributed by atoms with E-state index in [0.717, 1.165) is 0 Å². The largest absolute Gasteiger partial charge is 0.462 e. The summed E-state index contributed by atoms with van der Waals surface area (Å²) in [5.41, 5.74) is -5.44. The quantitative estimate of drug-likeness (QED) is 0.157. The van der Waals surface area contributed by atoms with Crippen molar-refractivity contribution in [2.75, 3.05) is 0 Å². The molecule has 0 spiro atoms. The first-order valence-corrected chi connectivity index (χ1v) is 11.6. The summed E-state index contributed by atoms with van der Waals surface area (Å²) in [4.78, 5) is 37.2. The van der Waals surface area contributed by atoms with Gasteiger partial charge < -0.3 is 19.1 Å². The fourth-order valence-corrected chi connectivity index (χ4v) is 4.47. The van der Waals surface area contributed by atoms with E-state index in [-0.39, 0.29) is 0 Å². The first kappa shape index (κ1) is 28.0. The molecular formula is C18H26B2F2N3O8P. The molecule has 0 bridgehead atoms. The number of hydrogen-bond donors (Lipinski definition) is 3. The van der Waals surface area contributed by atoms with E-state index in [9.17, 15) is 28.4 Å². The Labute approximate surface area is 196 Å². The van der Waals surface area contributed by atoms with E-state index in [2.05, 4.69) is 16.9 Å². The van der Waals surface area contributed by atoms with Crippen LogP contribution < -0.4 is 16.3 Å². The van der Waals surface area contributed by atoms with E-state index < -0.39 is 72.9 Å². The Morgan fingerprint density at radius 1 is 1.44 bits per heavy atom. The molecule has 2 heterocycles. The van der Waals surface area contributed by atoms with E-state index in [4.69, 9.17) is 14.0 Å². The number of halogens is 2. The molecule has 1 aliphatic rings. The number of ether oxygens (including phenoxy) is 2. The number of aromatic amines is 1. The van der Waals surface area contributed by atoms with Gasteiger partial charge in [-0.2, -0.15) is 4.39 Å². The molecule has 16 heteroatoms. The average Bonchev–Trinajstić information content (AvgIpc) is 2.95. The Hall–Kier alpha value is -2.23. The van der Waals surface area contributed by atoms with Gasteiger partial charge in [0.2, 0.25) is 11.5 Å². The third-order valence-electron chi connectivity index (χ3n) is 4.93. The summed E-state index contributed by atoms with van der Waals surface area (Å²) in [6.45, 7) is 5.97. The van der Waals surface area contributed by atoms with Crippen LogP contribution in [-0.4, -0.2) is 71.7 Å². The van der Waals surface area contributed by atoms with Crippen molar-refractivity contribution < 1.29 is 37.2 Å². The van der Waals surface area contributed by atoms with Gasteiger partial charge in [0.25, 0.3) is 13.7 Å². The van der Waals surface area contributed by atoms with Gasteiger partial charge in [0.15, 0.2) is 6.23 Å². The van der Waals surface area contributed by atoms with Crippen molar-refractivity contribution in [3.05, 3.63) is 32.9 Å². The number of hydrogen-bond acceptors (Lipinski definition) is 8. The van der Waals surface area contributed by atoms with Crippen LogP contribution in [0.25, 0.3) is 0 Å². The standard InChI is InChI=1S/C18H26B2F2N3O8P/c1-5-6-17(22)11(26)12(32-15(17)25-7-10(21)13(27)23-16(25)29)18(19,20)33-34(30)24-9(4)14(28)31-8(2)3/h7-9,11-12,15,26,34H,19-20H2,1-4H3,(H,24,30)(H,23,27,29)/t9-,11?,12?,15+,17+/m0/s1. The number of esters is 1. The van der Waals surface area contributed by atoms with Crippen LogP contribution in [0.1, 0.15) is 33.9 Å². The van der Waals surface area contributed by atoms with E-state index in [1.54, 1.807) is 18.8 Å². The van der Waals surface area contributed by atoms with Crippen molar-refractivity contribution in [3.63, 3.8) is 0 Å². The SMILES string of the molecule is BC(B)(O[PH](=O)N[C@@H](C)C(=O)OC(C)C)C1O[C@@H](n2cc(F)c(=O)[nH]c2=O)[C@@](F)(C#CC)C1O. The summed E-state index contributed by atoms with van der Waals surface area (Å²) in [6, 6.07) is -0.999. The second-order valence-corrected chi connectivity index (χ2v) is 9.55. The Morgan fingerprint density at radius 2 is 2.06 bits per heavy atom. The Morgan fingerprint density at radius 3 is 2.62 bits per heavy atom. The average molecular weight is 503 g/mol. The van der Waals surface area contributed by atoms with Crippen molar-refractivity contribution in [3.8, 4) is 11.8 Å². The lowest BCUT2D eigenvalue weighted by molar-refractivity contribution is -0.149.